The number of halogens is 2. The highest BCUT2D eigenvalue weighted by atomic mass is 19.3. The molecule has 0 bridgehead atoms. The maximum atomic E-state index is 12.0. The Morgan fingerprint density at radius 3 is 2.26 bits per heavy atom. The van der Waals surface area contributed by atoms with Gasteiger partial charge < -0.3 is 14.8 Å². The highest BCUT2D eigenvalue weighted by Crippen LogP contribution is 2.25. The summed E-state index contributed by atoms with van der Waals surface area (Å²) in [6.07, 6.45) is 4.61. The molecule has 1 aromatic rings. The van der Waals surface area contributed by atoms with E-state index in [0.717, 1.165) is 31.4 Å². The zero-order valence-electron chi connectivity index (χ0n) is 10.9. The fourth-order valence-corrected chi connectivity index (χ4v) is 2.41. The molecule has 0 spiro atoms. The second kappa shape index (κ2) is 6.70. The van der Waals surface area contributed by atoms with E-state index >= 15 is 0 Å². The van der Waals surface area contributed by atoms with Crippen molar-refractivity contribution in [1.29, 1.82) is 0 Å². The van der Waals surface area contributed by atoms with Crippen molar-refractivity contribution >= 4 is 5.69 Å². The standard InChI is InChI=1S/C14H19F2NO2/c1-18-12-6-2-10(3-7-12)17-11-4-8-13(9-5-11)19-14(15)16/h4-5,8-10,12,14,17H,2-3,6-7H2,1H3. The van der Waals surface area contributed by atoms with Crippen molar-refractivity contribution in [3.63, 3.8) is 0 Å². The van der Waals surface area contributed by atoms with Crippen LogP contribution in [-0.4, -0.2) is 25.9 Å². The predicted octanol–water partition coefficient (Wildman–Crippen LogP) is 3.66. The summed E-state index contributed by atoms with van der Waals surface area (Å²) in [4.78, 5) is 0. The summed E-state index contributed by atoms with van der Waals surface area (Å²) >= 11 is 0. The Kier molecular flexibility index (Phi) is 4.96. The van der Waals surface area contributed by atoms with Crippen molar-refractivity contribution in [1.82, 2.24) is 0 Å². The number of hydrogen-bond acceptors (Lipinski definition) is 3. The molecule has 5 heteroatoms. The summed E-state index contributed by atoms with van der Waals surface area (Å²) in [5, 5.41) is 3.41. The van der Waals surface area contributed by atoms with Gasteiger partial charge in [0.15, 0.2) is 0 Å². The van der Waals surface area contributed by atoms with Crippen LogP contribution in [0.2, 0.25) is 0 Å². The maximum absolute atomic E-state index is 12.0. The molecule has 0 aliphatic heterocycles. The van der Waals surface area contributed by atoms with Gasteiger partial charge in [-0.2, -0.15) is 8.78 Å². The summed E-state index contributed by atoms with van der Waals surface area (Å²) in [6.45, 7) is -2.77. The van der Waals surface area contributed by atoms with Crippen molar-refractivity contribution < 1.29 is 18.3 Å². The molecule has 0 aromatic heterocycles. The monoisotopic (exact) mass is 271 g/mol. The molecule has 1 aromatic carbocycles. The van der Waals surface area contributed by atoms with Crippen LogP contribution in [0.25, 0.3) is 0 Å². The van der Waals surface area contributed by atoms with E-state index in [1.54, 1.807) is 31.4 Å². The summed E-state index contributed by atoms with van der Waals surface area (Å²) in [5.41, 5.74) is 0.933. The van der Waals surface area contributed by atoms with Crippen molar-refractivity contribution in [3.8, 4) is 5.75 Å². The van der Waals surface area contributed by atoms with Crippen LogP contribution < -0.4 is 10.1 Å². The molecular weight excluding hydrogens is 252 g/mol. The first-order valence-corrected chi connectivity index (χ1v) is 6.51. The highest BCUT2D eigenvalue weighted by Gasteiger charge is 2.20. The molecule has 1 N–H and O–H groups in total. The lowest BCUT2D eigenvalue weighted by atomic mass is 9.93. The normalized spacial score (nSPS) is 23.4. The number of anilines is 1. The molecule has 0 atom stereocenters. The van der Waals surface area contributed by atoms with Gasteiger partial charge in [0.1, 0.15) is 5.75 Å². The lowest BCUT2D eigenvalue weighted by Gasteiger charge is -2.28. The lowest BCUT2D eigenvalue weighted by Crippen LogP contribution is -2.29. The van der Waals surface area contributed by atoms with E-state index in [0.29, 0.717) is 12.1 Å². The largest absolute Gasteiger partial charge is 0.435 e. The molecular formula is C14H19F2NO2. The molecule has 1 aliphatic carbocycles. The molecule has 106 valence electrons. The molecule has 0 amide bonds. The molecule has 2 rings (SSSR count). The van der Waals surface area contributed by atoms with Gasteiger partial charge in [-0.15, -0.1) is 0 Å². The maximum Gasteiger partial charge on any atom is 0.387 e. The van der Waals surface area contributed by atoms with Crippen LogP contribution in [-0.2, 0) is 4.74 Å². The zero-order valence-corrected chi connectivity index (χ0v) is 10.9. The van der Waals surface area contributed by atoms with E-state index in [2.05, 4.69) is 10.1 Å². The SMILES string of the molecule is COC1CCC(Nc2ccc(OC(F)F)cc2)CC1. The molecule has 0 saturated heterocycles. The third-order valence-corrected chi connectivity index (χ3v) is 3.46. The van der Waals surface area contributed by atoms with Crippen molar-refractivity contribution in [2.45, 2.75) is 44.4 Å². The van der Waals surface area contributed by atoms with Crippen LogP contribution in [0.3, 0.4) is 0 Å². The second-order valence-electron chi connectivity index (χ2n) is 4.76. The average molecular weight is 271 g/mol. The fraction of sp³-hybridized carbons (Fsp3) is 0.571. The van der Waals surface area contributed by atoms with Gasteiger partial charge in [-0.1, -0.05) is 0 Å². The van der Waals surface area contributed by atoms with Gasteiger partial charge in [-0.05, 0) is 49.9 Å². The number of hydrogen-bond donors (Lipinski definition) is 1. The van der Waals surface area contributed by atoms with E-state index < -0.39 is 6.61 Å². The van der Waals surface area contributed by atoms with Crippen LogP contribution in [0, 0.1) is 0 Å². The van der Waals surface area contributed by atoms with Gasteiger partial charge in [0.25, 0.3) is 0 Å². The smallest absolute Gasteiger partial charge is 0.387 e. The molecule has 1 aliphatic rings. The Balaban J connectivity index is 1.83. The Labute approximate surface area is 111 Å². The number of ether oxygens (including phenoxy) is 2. The Hall–Kier alpha value is -1.36. The quantitative estimate of drug-likeness (QED) is 0.886. The molecule has 1 fully saturated rings. The molecule has 0 heterocycles. The first-order chi connectivity index (χ1) is 9.17. The van der Waals surface area contributed by atoms with Crippen LogP contribution in [0.15, 0.2) is 24.3 Å². The number of nitrogens with one attached hydrogen (secondary N) is 1. The number of rotatable bonds is 5. The van der Waals surface area contributed by atoms with Crippen molar-refractivity contribution in [3.05, 3.63) is 24.3 Å². The minimum absolute atomic E-state index is 0.184. The minimum atomic E-state index is -2.77. The fourth-order valence-electron chi connectivity index (χ4n) is 2.41. The van der Waals surface area contributed by atoms with Gasteiger partial charge in [-0.3, -0.25) is 0 Å². The number of benzene rings is 1. The van der Waals surface area contributed by atoms with E-state index in [4.69, 9.17) is 4.74 Å². The zero-order chi connectivity index (χ0) is 13.7. The highest BCUT2D eigenvalue weighted by molar-refractivity contribution is 5.47. The van der Waals surface area contributed by atoms with Crippen LogP contribution in [0.1, 0.15) is 25.7 Å². The molecule has 3 nitrogen and oxygen atoms in total. The van der Waals surface area contributed by atoms with Gasteiger partial charge in [-0.25, -0.2) is 0 Å². The first-order valence-electron chi connectivity index (χ1n) is 6.51. The van der Waals surface area contributed by atoms with Crippen molar-refractivity contribution in [2.75, 3.05) is 12.4 Å². The molecule has 19 heavy (non-hydrogen) atoms. The Morgan fingerprint density at radius 2 is 1.74 bits per heavy atom. The van der Waals surface area contributed by atoms with Gasteiger partial charge in [0, 0.05) is 18.8 Å². The number of methoxy groups -OCH3 is 1. The van der Waals surface area contributed by atoms with Gasteiger partial charge in [0.2, 0.25) is 0 Å². The average Bonchev–Trinajstić information content (AvgIpc) is 2.41. The van der Waals surface area contributed by atoms with E-state index in [-0.39, 0.29) is 5.75 Å². The third-order valence-electron chi connectivity index (χ3n) is 3.46. The Bertz CT molecular complexity index is 376. The summed E-state index contributed by atoms with van der Waals surface area (Å²) in [6, 6.07) is 7.05. The van der Waals surface area contributed by atoms with Crippen LogP contribution in [0.5, 0.6) is 5.75 Å². The van der Waals surface area contributed by atoms with Crippen LogP contribution >= 0.6 is 0 Å². The summed E-state index contributed by atoms with van der Waals surface area (Å²) in [5.74, 6) is 0.184. The van der Waals surface area contributed by atoms with Gasteiger partial charge in [0.05, 0.1) is 6.10 Å². The van der Waals surface area contributed by atoms with E-state index in [1.165, 1.54) is 0 Å². The third kappa shape index (κ3) is 4.35. The van der Waals surface area contributed by atoms with E-state index in [9.17, 15) is 8.78 Å². The molecule has 1 saturated carbocycles. The first kappa shape index (κ1) is 14.1. The second-order valence-corrected chi connectivity index (χ2v) is 4.76. The molecule has 0 unspecified atom stereocenters. The number of alkyl halides is 2. The Morgan fingerprint density at radius 1 is 1.11 bits per heavy atom. The minimum Gasteiger partial charge on any atom is -0.435 e. The lowest BCUT2D eigenvalue weighted by molar-refractivity contribution is -0.0498. The van der Waals surface area contributed by atoms with Crippen molar-refractivity contribution in [2.24, 2.45) is 0 Å². The van der Waals surface area contributed by atoms with Crippen LogP contribution in [0.4, 0.5) is 14.5 Å². The predicted molar refractivity (Wildman–Crippen MR) is 69.7 cm³/mol. The summed E-state index contributed by atoms with van der Waals surface area (Å²) in [7, 11) is 1.75. The summed E-state index contributed by atoms with van der Waals surface area (Å²) < 4.78 is 33.7. The van der Waals surface area contributed by atoms with Gasteiger partial charge >= 0.3 is 6.61 Å². The topological polar surface area (TPSA) is 30.5 Å². The van der Waals surface area contributed by atoms with E-state index in [1.807, 2.05) is 0 Å². The molecule has 0 radical (unpaired) electrons.